The predicted molar refractivity (Wildman–Crippen MR) is 111 cm³/mol. The molecule has 7 nitrogen and oxygen atoms in total. The van der Waals surface area contributed by atoms with E-state index in [9.17, 15) is 9.59 Å². The van der Waals surface area contributed by atoms with Crippen LogP contribution in [0.15, 0.2) is 36.4 Å². The number of fused-ring (bicyclic) bond motifs is 1. The van der Waals surface area contributed by atoms with Crippen LogP contribution in [0.2, 0.25) is 0 Å². The zero-order valence-corrected chi connectivity index (χ0v) is 17.6. The van der Waals surface area contributed by atoms with Gasteiger partial charge in [0, 0.05) is 12.0 Å². The van der Waals surface area contributed by atoms with E-state index in [4.69, 9.17) is 14.2 Å². The third-order valence-electron chi connectivity index (χ3n) is 5.88. The molecule has 2 heterocycles. The van der Waals surface area contributed by atoms with Crippen LogP contribution in [-0.2, 0) is 22.6 Å². The number of imide groups is 1. The summed E-state index contributed by atoms with van der Waals surface area (Å²) in [5, 5.41) is 0. The lowest BCUT2D eigenvalue weighted by Crippen LogP contribution is -3.16. The third kappa shape index (κ3) is 3.61. The van der Waals surface area contributed by atoms with Crippen LogP contribution in [0.3, 0.4) is 0 Å². The summed E-state index contributed by atoms with van der Waals surface area (Å²) in [5.41, 5.74) is 2.93. The monoisotopic (exact) mass is 411 g/mol. The molecule has 0 bridgehead atoms. The van der Waals surface area contributed by atoms with Gasteiger partial charge in [0.25, 0.3) is 5.91 Å². The van der Waals surface area contributed by atoms with Crippen molar-refractivity contribution in [3.8, 4) is 17.2 Å². The van der Waals surface area contributed by atoms with E-state index in [1.807, 2.05) is 19.1 Å². The summed E-state index contributed by atoms with van der Waals surface area (Å²) in [7, 11) is 3.24. The number of anilines is 1. The van der Waals surface area contributed by atoms with Gasteiger partial charge in [-0.1, -0.05) is 0 Å². The number of nitrogens with one attached hydrogen (secondary N) is 1. The van der Waals surface area contributed by atoms with Crippen LogP contribution in [0.4, 0.5) is 5.69 Å². The first-order valence-corrected chi connectivity index (χ1v) is 10.2. The number of ether oxygens (including phenoxy) is 3. The van der Waals surface area contributed by atoms with Crippen molar-refractivity contribution >= 4 is 17.5 Å². The summed E-state index contributed by atoms with van der Waals surface area (Å²) in [6.07, 6.45) is 1.05. The Labute approximate surface area is 176 Å². The van der Waals surface area contributed by atoms with E-state index < -0.39 is 0 Å². The molecule has 2 atom stereocenters. The molecule has 158 valence electrons. The average Bonchev–Trinajstić information content (AvgIpc) is 3.07. The Hall–Kier alpha value is -3.06. The minimum Gasteiger partial charge on any atom is -0.494 e. The van der Waals surface area contributed by atoms with Crippen molar-refractivity contribution in [3.05, 3.63) is 47.5 Å². The molecule has 1 unspecified atom stereocenters. The van der Waals surface area contributed by atoms with Crippen LogP contribution >= 0.6 is 0 Å². The molecule has 0 radical (unpaired) electrons. The van der Waals surface area contributed by atoms with Gasteiger partial charge in [0.2, 0.25) is 5.91 Å². The Bertz CT molecular complexity index is 957. The van der Waals surface area contributed by atoms with E-state index in [0.29, 0.717) is 30.3 Å². The van der Waals surface area contributed by atoms with Crippen molar-refractivity contribution in [2.45, 2.75) is 32.4 Å². The van der Waals surface area contributed by atoms with Gasteiger partial charge in [-0.05, 0) is 48.9 Å². The topological polar surface area (TPSA) is 69.5 Å². The van der Waals surface area contributed by atoms with E-state index >= 15 is 0 Å². The number of quaternary nitrogens is 1. The third-order valence-corrected chi connectivity index (χ3v) is 5.88. The van der Waals surface area contributed by atoms with E-state index in [1.165, 1.54) is 10.5 Å². The van der Waals surface area contributed by atoms with Gasteiger partial charge >= 0.3 is 0 Å². The first-order chi connectivity index (χ1) is 14.5. The van der Waals surface area contributed by atoms with Crippen molar-refractivity contribution in [2.24, 2.45) is 0 Å². The number of methoxy groups -OCH3 is 2. The summed E-state index contributed by atoms with van der Waals surface area (Å²) >= 11 is 0. The minimum atomic E-state index is -0.370. The van der Waals surface area contributed by atoms with Crippen molar-refractivity contribution in [1.82, 2.24) is 0 Å². The number of benzene rings is 2. The fraction of sp³-hybridized carbons (Fsp3) is 0.391. The zero-order chi connectivity index (χ0) is 21.3. The summed E-state index contributed by atoms with van der Waals surface area (Å²) < 4.78 is 16.3. The SMILES string of the molecule is CCOc1ccc(N2C(=O)C[C@H]([NH+]3CCc4cc(OC)c(OC)cc4C3)C2=O)cc1. The second-order valence-electron chi connectivity index (χ2n) is 7.56. The number of amides is 2. The van der Waals surface area contributed by atoms with Gasteiger partial charge in [0.1, 0.15) is 12.3 Å². The fourth-order valence-corrected chi connectivity index (χ4v) is 4.37. The van der Waals surface area contributed by atoms with Crippen LogP contribution < -0.4 is 24.0 Å². The standard InChI is InChI=1S/C23H26N2O5/c1-4-30-18-7-5-17(6-8-18)25-22(26)13-19(23(25)27)24-10-9-15-11-20(28-2)21(29-3)12-16(15)14-24/h5-8,11-12,19H,4,9-10,13-14H2,1-3H3/p+1/t19-/m0/s1. The van der Waals surface area contributed by atoms with Gasteiger partial charge in [-0.2, -0.15) is 0 Å². The van der Waals surface area contributed by atoms with Crippen LogP contribution in [-0.4, -0.2) is 45.2 Å². The Morgan fingerprint density at radius 3 is 2.33 bits per heavy atom. The maximum absolute atomic E-state index is 13.2. The second-order valence-corrected chi connectivity index (χ2v) is 7.56. The molecule has 30 heavy (non-hydrogen) atoms. The molecule has 0 aromatic heterocycles. The quantitative estimate of drug-likeness (QED) is 0.728. The van der Waals surface area contributed by atoms with Crippen molar-refractivity contribution < 1.29 is 28.7 Å². The number of rotatable bonds is 6. The van der Waals surface area contributed by atoms with E-state index in [2.05, 4.69) is 0 Å². The summed E-state index contributed by atoms with van der Waals surface area (Å²) in [5.74, 6) is 1.83. The molecule has 0 aliphatic carbocycles. The highest BCUT2D eigenvalue weighted by molar-refractivity contribution is 6.21. The highest BCUT2D eigenvalue weighted by Crippen LogP contribution is 2.32. The molecule has 2 aromatic carbocycles. The lowest BCUT2D eigenvalue weighted by atomic mass is 9.97. The van der Waals surface area contributed by atoms with Gasteiger partial charge in [0.05, 0.1) is 39.5 Å². The molecule has 2 amide bonds. The molecule has 2 aromatic rings. The summed E-state index contributed by atoms with van der Waals surface area (Å²) in [6.45, 7) is 3.95. The largest absolute Gasteiger partial charge is 0.494 e. The maximum Gasteiger partial charge on any atom is 0.292 e. The summed E-state index contributed by atoms with van der Waals surface area (Å²) in [4.78, 5) is 28.3. The molecular weight excluding hydrogens is 384 g/mol. The minimum absolute atomic E-state index is 0.136. The Morgan fingerprint density at radius 2 is 1.70 bits per heavy atom. The Morgan fingerprint density at radius 1 is 1.03 bits per heavy atom. The number of hydrogen-bond acceptors (Lipinski definition) is 5. The van der Waals surface area contributed by atoms with Gasteiger partial charge in [-0.3, -0.25) is 9.59 Å². The molecular formula is C23H27N2O5+. The average molecular weight is 411 g/mol. The van der Waals surface area contributed by atoms with E-state index in [-0.39, 0.29) is 24.3 Å². The Kier molecular flexibility index (Phi) is 5.63. The van der Waals surface area contributed by atoms with Crippen molar-refractivity contribution in [3.63, 3.8) is 0 Å². The van der Waals surface area contributed by atoms with E-state index in [1.54, 1.807) is 38.5 Å². The number of nitrogens with zero attached hydrogens (tertiary/aromatic N) is 1. The number of carbonyl (C=O) groups excluding carboxylic acids is 2. The van der Waals surface area contributed by atoms with Crippen molar-refractivity contribution in [2.75, 3.05) is 32.3 Å². The molecule has 4 rings (SSSR count). The second kappa shape index (κ2) is 8.36. The molecule has 0 saturated carbocycles. The maximum atomic E-state index is 13.2. The van der Waals surface area contributed by atoms with Gasteiger partial charge in [-0.25, -0.2) is 4.90 Å². The van der Waals surface area contributed by atoms with Crippen molar-refractivity contribution in [1.29, 1.82) is 0 Å². The molecule has 1 N–H and O–H groups in total. The molecule has 1 saturated heterocycles. The first-order valence-electron chi connectivity index (χ1n) is 10.2. The number of hydrogen-bond donors (Lipinski definition) is 1. The van der Waals surface area contributed by atoms with E-state index in [0.717, 1.165) is 29.2 Å². The van der Waals surface area contributed by atoms with Crippen LogP contribution in [0.1, 0.15) is 24.5 Å². The summed E-state index contributed by atoms with van der Waals surface area (Å²) in [6, 6.07) is 10.7. The highest BCUT2D eigenvalue weighted by atomic mass is 16.5. The Balaban J connectivity index is 1.53. The molecule has 0 spiro atoms. The molecule has 1 fully saturated rings. The van der Waals surface area contributed by atoms with Gasteiger partial charge in [0.15, 0.2) is 17.5 Å². The molecule has 7 heteroatoms. The smallest absolute Gasteiger partial charge is 0.292 e. The molecule has 2 aliphatic rings. The highest BCUT2D eigenvalue weighted by Gasteiger charge is 2.46. The predicted octanol–water partition coefficient (Wildman–Crippen LogP) is 1.38. The fourth-order valence-electron chi connectivity index (χ4n) is 4.37. The van der Waals surface area contributed by atoms with Crippen LogP contribution in [0.5, 0.6) is 17.2 Å². The van der Waals surface area contributed by atoms with Gasteiger partial charge in [-0.15, -0.1) is 0 Å². The van der Waals surface area contributed by atoms with Gasteiger partial charge < -0.3 is 19.1 Å². The van der Waals surface area contributed by atoms with Crippen LogP contribution in [0, 0.1) is 0 Å². The zero-order valence-electron chi connectivity index (χ0n) is 17.6. The normalized spacial score (nSPS) is 20.8. The van der Waals surface area contributed by atoms with Crippen LogP contribution in [0.25, 0.3) is 0 Å². The number of carbonyl (C=O) groups is 2. The molecule has 2 aliphatic heterocycles. The first kappa shape index (κ1) is 20.2. The lowest BCUT2D eigenvalue weighted by molar-refractivity contribution is -0.930. The lowest BCUT2D eigenvalue weighted by Gasteiger charge is -2.30.